The lowest BCUT2D eigenvalue weighted by atomic mass is 9.79. The van der Waals surface area contributed by atoms with Gasteiger partial charge in [0, 0.05) is 17.8 Å². The Kier molecular flexibility index (Phi) is 6.53. The molecule has 1 saturated heterocycles. The summed E-state index contributed by atoms with van der Waals surface area (Å²) in [6, 6.07) is 9.05. The monoisotopic (exact) mass is 515 g/mol. The molecule has 2 aliphatic rings. The van der Waals surface area contributed by atoms with Crippen LogP contribution in [-0.2, 0) is 9.59 Å². The SMILES string of the molecule is CCN1c2cc(C)c(/C=C3/C(=O)NC(=S)N(c4ccc(Cl)c(Cl)c4)C3=O)cc2C(C)CC1(C)C. The first-order chi connectivity index (χ1) is 15.9. The minimum absolute atomic E-state index is 0.00198. The normalized spacial score (nSPS) is 21.1. The molecule has 0 aromatic heterocycles. The predicted octanol–water partition coefficient (Wildman–Crippen LogP) is 6.25. The first-order valence-corrected chi connectivity index (χ1v) is 12.4. The van der Waals surface area contributed by atoms with E-state index in [1.807, 2.05) is 6.92 Å². The molecule has 1 N–H and O–H groups in total. The van der Waals surface area contributed by atoms with E-state index in [-0.39, 0.29) is 16.2 Å². The van der Waals surface area contributed by atoms with E-state index >= 15 is 0 Å². The number of anilines is 2. The number of thiocarbonyl (C=S) groups is 1. The number of hydrogen-bond acceptors (Lipinski definition) is 4. The van der Waals surface area contributed by atoms with Crippen LogP contribution in [0, 0.1) is 6.92 Å². The number of nitrogens with zero attached hydrogens (tertiary/aromatic N) is 2. The number of amides is 2. The van der Waals surface area contributed by atoms with Crippen LogP contribution < -0.4 is 15.1 Å². The molecule has 0 spiro atoms. The minimum atomic E-state index is -0.521. The molecule has 1 atom stereocenters. The molecule has 2 heterocycles. The molecule has 178 valence electrons. The van der Waals surface area contributed by atoms with Crippen LogP contribution in [0.2, 0.25) is 10.0 Å². The van der Waals surface area contributed by atoms with Crippen LogP contribution in [0.15, 0.2) is 35.9 Å². The fourth-order valence-corrected chi connectivity index (χ4v) is 5.65. The van der Waals surface area contributed by atoms with Crippen molar-refractivity contribution >= 4 is 69.8 Å². The van der Waals surface area contributed by atoms with Gasteiger partial charge in [-0.2, -0.15) is 0 Å². The van der Waals surface area contributed by atoms with Gasteiger partial charge in [-0.3, -0.25) is 19.8 Å². The molecule has 2 aromatic carbocycles. The topological polar surface area (TPSA) is 52.7 Å². The highest BCUT2D eigenvalue weighted by Crippen LogP contribution is 2.44. The number of nitrogens with one attached hydrogen (secondary N) is 1. The van der Waals surface area contributed by atoms with Crippen LogP contribution >= 0.6 is 35.4 Å². The van der Waals surface area contributed by atoms with Crippen molar-refractivity contribution in [3.05, 3.63) is 62.6 Å². The van der Waals surface area contributed by atoms with E-state index in [9.17, 15) is 9.59 Å². The standard InChI is InChI=1S/C26H27Cl2N3O2S/c1-6-30-22-9-14(2)16(10-18(22)15(3)13-26(30,4)5)11-19-23(32)29-25(34)31(24(19)33)17-7-8-20(27)21(28)12-17/h7-12,15H,6,13H2,1-5H3,(H,29,32,34)/b19-11-. The summed E-state index contributed by atoms with van der Waals surface area (Å²) < 4.78 is 0. The van der Waals surface area contributed by atoms with Gasteiger partial charge in [0.2, 0.25) is 0 Å². The zero-order valence-corrected chi connectivity index (χ0v) is 22.2. The number of hydrogen-bond donors (Lipinski definition) is 1. The lowest BCUT2D eigenvalue weighted by molar-refractivity contribution is -0.122. The molecule has 1 fully saturated rings. The Hall–Kier alpha value is -2.41. The van der Waals surface area contributed by atoms with Gasteiger partial charge in [-0.1, -0.05) is 30.1 Å². The average Bonchev–Trinajstić information content (AvgIpc) is 2.73. The number of halogens is 2. The second-order valence-corrected chi connectivity index (χ2v) is 10.7. The van der Waals surface area contributed by atoms with Crippen LogP contribution in [-0.4, -0.2) is 29.0 Å². The Balaban J connectivity index is 1.78. The average molecular weight is 516 g/mol. The summed E-state index contributed by atoms with van der Waals surface area (Å²) in [4.78, 5) is 29.9. The van der Waals surface area contributed by atoms with Crippen molar-refractivity contribution in [1.29, 1.82) is 0 Å². The number of rotatable bonds is 3. The molecule has 34 heavy (non-hydrogen) atoms. The zero-order valence-electron chi connectivity index (χ0n) is 19.8. The Morgan fingerprint density at radius 2 is 1.88 bits per heavy atom. The third kappa shape index (κ3) is 4.23. The van der Waals surface area contributed by atoms with Crippen molar-refractivity contribution in [3.63, 3.8) is 0 Å². The van der Waals surface area contributed by atoms with E-state index < -0.39 is 11.8 Å². The maximum atomic E-state index is 13.4. The van der Waals surface area contributed by atoms with Crippen molar-refractivity contribution < 1.29 is 9.59 Å². The van der Waals surface area contributed by atoms with E-state index in [1.165, 1.54) is 16.2 Å². The molecule has 2 amide bonds. The third-order valence-electron chi connectivity index (χ3n) is 6.65. The summed E-state index contributed by atoms with van der Waals surface area (Å²) in [5.74, 6) is -0.678. The summed E-state index contributed by atoms with van der Waals surface area (Å²) in [5.41, 5.74) is 4.77. The van der Waals surface area contributed by atoms with Gasteiger partial charge in [0.1, 0.15) is 5.57 Å². The van der Waals surface area contributed by atoms with Crippen molar-refractivity contribution in [2.45, 2.75) is 52.5 Å². The molecule has 0 bridgehead atoms. The van der Waals surface area contributed by atoms with Crippen LogP contribution in [0.1, 0.15) is 56.7 Å². The lowest BCUT2D eigenvalue weighted by Gasteiger charge is -2.47. The Morgan fingerprint density at radius 3 is 2.53 bits per heavy atom. The van der Waals surface area contributed by atoms with Crippen molar-refractivity contribution in [2.24, 2.45) is 0 Å². The zero-order chi connectivity index (χ0) is 24.9. The second-order valence-electron chi connectivity index (χ2n) is 9.49. The van der Waals surface area contributed by atoms with Gasteiger partial charge in [-0.15, -0.1) is 0 Å². The molecule has 2 aliphatic heterocycles. The highest BCUT2D eigenvalue weighted by molar-refractivity contribution is 7.80. The van der Waals surface area contributed by atoms with E-state index in [0.29, 0.717) is 21.7 Å². The van der Waals surface area contributed by atoms with Crippen LogP contribution in [0.3, 0.4) is 0 Å². The van der Waals surface area contributed by atoms with E-state index in [4.69, 9.17) is 35.4 Å². The first kappa shape index (κ1) is 24.7. The van der Waals surface area contributed by atoms with Gasteiger partial charge in [0.05, 0.1) is 15.7 Å². The molecular weight excluding hydrogens is 489 g/mol. The van der Waals surface area contributed by atoms with E-state index in [2.05, 4.69) is 50.0 Å². The number of benzene rings is 2. The summed E-state index contributed by atoms with van der Waals surface area (Å²) in [5, 5.41) is 3.28. The van der Waals surface area contributed by atoms with Crippen molar-refractivity contribution in [3.8, 4) is 0 Å². The number of fused-ring (bicyclic) bond motifs is 1. The highest BCUT2D eigenvalue weighted by Gasteiger charge is 2.37. The molecule has 2 aromatic rings. The maximum absolute atomic E-state index is 13.4. The van der Waals surface area contributed by atoms with Crippen LogP contribution in [0.5, 0.6) is 0 Å². The Morgan fingerprint density at radius 1 is 1.18 bits per heavy atom. The molecule has 5 nitrogen and oxygen atoms in total. The molecular formula is C26H27Cl2N3O2S. The smallest absolute Gasteiger partial charge is 0.270 e. The van der Waals surface area contributed by atoms with Gasteiger partial charge >= 0.3 is 0 Å². The Bertz CT molecular complexity index is 1250. The minimum Gasteiger partial charge on any atom is -0.366 e. The molecule has 8 heteroatoms. The molecule has 0 saturated carbocycles. The van der Waals surface area contributed by atoms with Crippen molar-refractivity contribution in [1.82, 2.24) is 5.32 Å². The first-order valence-electron chi connectivity index (χ1n) is 11.2. The third-order valence-corrected chi connectivity index (χ3v) is 7.68. The fraction of sp³-hybridized carbons (Fsp3) is 0.346. The van der Waals surface area contributed by atoms with E-state index in [1.54, 1.807) is 24.3 Å². The number of carbonyl (C=O) groups excluding carboxylic acids is 2. The summed E-state index contributed by atoms with van der Waals surface area (Å²) in [7, 11) is 0. The molecule has 4 rings (SSSR count). The molecule has 1 unspecified atom stereocenters. The van der Waals surface area contributed by atoms with Crippen LogP contribution in [0.25, 0.3) is 6.08 Å². The second kappa shape index (κ2) is 8.99. The fourth-order valence-electron chi connectivity index (χ4n) is 5.08. The van der Waals surface area contributed by atoms with Gasteiger partial charge in [-0.05, 0) is 105 Å². The van der Waals surface area contributed by atoms with Gasteiger partial charge in [-0.25, -0.2) is 0 Å². The van der Waals surface area contributed by atoms with Gasteiger partial charge in [0.25, 0.3) is 11.8 Å². The quantitative estimate of drug-likeness (QED) is 0.298. The molecule has 0 radical (unpaired) electrons. The van der Waals surface area contributed by atoms with Gasteiger partial charge in [0.15, 0.2) is 5.11 Å². The summed E-state index contributed by atoms with van der Waals surface area (Å²) >= 11 is 17.5. The maximum Gasteiger partial charge on any atom is 0.270 e. The number of aryl methyl sites for hydroxylation is 1. The van der Waals surface area contributed by atoms with E-state index in [0.717, 1.165) is 24.1 Å². The predicted molar refractivity (Wildman–Crippen MR) is 144 cm³/mol. The number of carbonyl (C=O) groups is 2. The Labute approximate surface area is 215 Å². The largest absolute Gasteiger partial charge is 0.366 e. The van der Waals surface area contributed by atoms with Gasteiger partial charge < -0.3 is 4.90 Å². The summed E-state index contributed by atoms with van der Waals surface area (Å²) in [6.45, 7) is 11.8. The highest BCUT2D eigenvalue weighted by atomic mass is 35.5. The molecule has 0 aliphatic carbocycles. The van der Waals surface area contributed by atoms with Crippen LogP contribution in [0.4, 0.5) is 11.4 Å². The van der Waals surface area contributed by atoms with Crippen molar-refractivity contribution in [2.75, 3.05) is 16.3 Å². The lowest BCUT2D eigenvalue weighted by Crippen LogP contribution is -2.54. The summed E-state index contributed by atoms with van der Waals surface area (Å²) in [6.07, 6.45) is 2.67.